The predicted molar refractivity (Wildman–Crippen MR) is 87.1 cm³/mol. The summed E-state index contributed by atoms with van der Waals surface area (Å²) in [7, 11) is 0. The van der Waals surface area contributed by atoms with Gasteiger partial charge in [-0.25, -0.2) is 0 Å². The molecule has 0 unspecified atom stereocenters. The Morgan fingerprint density at radius 3 is 2.61 bits per heavy atom. The van der Waals surface area contributed by atoms with Gasteiger partial charge in [0.05, 0.1) is 16.9 Å². The lowest BCUT2D eigenvalue weighted by atomic mass is 10.1. The van der Waals surface area contributed by atoms with Crippen molar-refractivity contribution >= 4 is 23.0 Å². The van der Waals surface area contributed by atoms with E-state index in [1.165, 1.54) is 18.2 Å². The van der Waals surface area contributed by atoms with Crippen LogP contribution in [-0.2, 0) is 19.3 Å². The largest absolute Gasteiger partial charge is 0.418 e. The number of thiocarbonyl (C=S) groups is 1. The molecule has 2 N–H and O–H groups in total. The Labute approximate surface area is 137 Å². The summed E-state index contributed by atoms with van der Waals surface area (Å²) >= 11 is 5.08. The van der Waals surface area contributed by atoms with Crippen molar-refractivity contribution in [1.29, 1.82) is 0 Å². The molecule has 124 valence electrons. The van der Waals surface area contributed by atoms with Crippen LogP contribution < -0.4 is 10.6 Å². The van der Waals surface area contributed by atoms with Gasteiger partial charge in [-0.05, 0) is 38.2 Å². The first-order valence-corrected chi connectivity index (χ1v) is 7.46. The van der Waals surface area contributed by atoms with Gasteiger partial charge in [-0.15, -0.1) is 0 Å². The van der Waals surface area contributed by atoms with Gasteiger partial charge in [-0.1, -0.05) is 12.1 Å². The quantitative estimate of drug-likeness (QED) is 0.831. The van der Waals surface area contributed by atoms with Crippen molar-refractivity contribution in [1.82, 2.24) is 15.1 Å². The molecule has 0 saturated heterocycles. The van der Waals surface area contributed by atoms with Crippen LogP contribution in [0, 0.1) is 6.92 Å². The minimum absolute atomic E-state index is 0.0709. The fourth-order valence-corrected chi connectivity index (χ4v) is 2.26. The minimum Gasteiger partial charge on any atom is -0.358 e. The van der Waals surface area contributed by atoms with Crippen LogP contribution in [-0.4, -0.2) is 14.9 Å². The van der Waals surface area contributed by atoms with Gasteiger partial charge >= 0.3 is 6.18 Å². The lowest BCUT2D eigenvalue weighted by Crippen LogP contribution is -2.29. The lowest BCUT2D eigenvalue weighted by Gasteiger charge is -2.15. The highest BCUT2D eigenvalue weighted by molar-refractivity contribution is 7.80. The van der Waals surface area contributed by atoms with E-state index in [2.05, 4.69) is 15.7 Å². The normalized spacial score (nSPS) is 11.3. The average molecular weight is 342 g/mol. The van der Waals surface area contributed by atoms with Crippen molar-refractivity contribution in [2.24, 2.45) is 0 Å². The third-order valence-electron chi connectivity index (χ3n) is 3.29. The highest BCUT2D eigenvalue weighted by atomic mass is 32.1. The molecule has 0 bridgehead atoms. The van der Waals surface area contributed by atoms with Crippen molar-refractivity contribution in [3.63, 3.8) is 0 Å². The Bertz CT molecular complexity index is 694. The smallest absolute Gasteiger partial charge is 0.358 e. The summed E-state index contributed by atoms with van der Waals surface area (Å²) in [5.41, 5.74) is 0.982. The van der Waals surface area contributed by atoms with Gasteiger partial charge in [-0.3, -0.25) is 4.68 Å². The second-order valence-electron chi connectivity index (χ2n) is 4.95. The first-order chi connectivity index (χ1) is 10.8. The van der Waals surface area contributed by atoms with Gasteiger partial charge in [0, 0.05) is 24.8 Å². The molecule has 8 heteroatoms. The van der Waals surface area contributed by atoms with Crippen molar-refractivity contribution in [2.75, 3.05) is 5.32 Å². The molecule has 1 aromatic heterocycles. The lowest BCUT2D eigenvalue weighted by molar-refractivity contribution is -0.136. The second-order valence-corrected chi connectivity index (χ2v) is 5.35. The van der Waals surface area contributed by atoms with E-state index in [0.717, 1.165) is 23.9 Å². The SMILES string of the molecule is CCn1cc(CNC(=S)Nc2ccccc2C(F)(F)F)c(C)n1. The van der Waals surface area contributed by atoms with E-state index in [1.54, 1.807) is 4.68 Å². The number of aromatic nitrogens is 2. The van der Waals surface area contributed by atoms with Gasteiger partial charge in [0.2, 0.25) is 0 Å². The molecule has 1 heterocycles. The number of alkyl halides is 3. The molecular weight excluding hydrogens is 325 g/mol. The number of hydrogen-bond donors (Lipinski definition) is 2. The van der Waals surface area contributed by atoms with Crippen LogP contribution in [0.3, 0.4) is 0 Å². The fourth-order valence-electron chi connectivity index (χ4n) is 2.08. The molecule has 0 aliphatic heterocycles. The minimum atomic E-state index is -4.43. The van der Waals surface area contributed by atoms with Crippen molar-refractivity contribution in [3.05, 3.63) is 47.3 Å². The van der Waals surface area contributed by atoms with Crippen molar-refractivity contribution in [3.8, 4) is 0 Å². The predicted octanol–water partition coefficient (Wildman–Crippen LogP) is 3.72. The van der Waals surface area contributed by atoms with E-state index in [4.69, 9.17) is 12.2 Å². The molecule has 23 heavy (non-hydrogen) atoms. The maximum atomic E-state index is 12.9. The number of halogens is 3. The van der Waals surface area contributed by atoms with E-state index in [0.29, 0.717) is 6.54 Å². The zero-order valence-electron chi connectivity index (χ0n) is 12.7. The highest BCUT2D eigenvalue weighted by Crippen LogP contribution is 2.34. The number of para-hydroxylation sites is 1. The summed E-state index contributed by atoms with van der Waals surface area (Å²) in [6, 6.07) is 5.22. The molecule has 0 aliphatic rings. The molecule has 2 aromatic rings. The Balaban J connectivity index is 2.02. The van der Waals surface area contributed by atoms with Crippen LogP contribution in [0.2, 0.25) is 0 Å². The molecule has 0 saturated carbocycles. The molecule has 0 radical (unpaired) electrons. The topological polar surface area (TPSA) is 41.9 Å². The fraction of sp³-hybridized carbons (Fsp3) is 0.333. The number of nitrogens with zero attached hydrogens (tertiary/aromatic N) is 2. The number of rotatable bonds is 4. The van der Waals surface area contributed by atoms with Crippen LogP contribution in [0.15, 0.2) is 30.5 Å². The maximum Gasteiger partial charge on any atom is 0.418 e. The molecule has 4 nitrogen and oxygen atoms in total. The van der Waals surface area contributed by atoms with Crippen molar-refractivity contribution < 1.29 is 13.2 Å². The molecule has 2 rings (SSSR count). The van der Waals surface area contributed by atoms with E-state index in [9.17, 15) is 13.2 Å². The molecule has 0 atom stereocenters. The first kappa shape index (κ1) is 17.3. The number of benzene rings is 1. The van der Waals surface area contributed by atoms with E-state index < -0.39 is 11.7 Å². The molecule has 0 spiro atoms. The summed E-state index contributed by atoms with van der Waals surface area (Å²) in [6.45, 7) is 5.00. The Morgan fingerprint density at radius 2 is 2.00 bits per heavy atom. The number of anilines is 1. The molecule has 0 aliphatic carbocycles. The molecular formula is C15H17F3N4S. The zero-order valence-corrected chi connectivity index (χ0v) is 13.6. The summed E-state index contributed by atoms with van der Waals surface area (Å²) in [5, 5.41) is 9.94. The summed E-state index contributed by atoms with van der Waals surface area (Å²) in [5.74, 6) is 0. The third-order valence-corrected chi connectivity index (χ3v) is 3.54. The molecule has 1 aromatic carbocycles. The standard InChI is InChI=1S/C15H17F3N4S/c1-3-22-9-11(10(2)21-22)8-19-14(23)20-13-7-5-4-6-12(13)15(16,17)18/h4-7,9H,3,8H2,1-2H3,(H2,19,20,23). The Morgan fingerprint density at radius 1 is 1.30 bits per heavy atom. The maximum absolute atomic E-state index is 12.9. The monoisotopic (exact) mass is 342 g/mol. The van der Waals surface area contributed by atoms with Gasteiger partial charge in [0.15, 0.2) is 5.11 Å². The van der Waals surface area contributed by atoms with Crippen molar-refractivity contribution in [2.45, 2.75) is 33.1 Å². The van der Waals surface area contributed by atoms with Gasteiger partial charge < -0.3 is 10.6 Å². The van der Waals surface area contributed by atoms with E-state index in [1.807, 2.05) is 20.0 Å². The number of hydrogen-bond acceptors (Lipinski definition) is 2. The van der Waals surface area contributed by atoms with E-state index >= 15 is 0 Å². The highest BCUT2D eigenvalue weighted by Gasteiger charge is 2.33. The molecule has 0 amide bonds. The van der Waals surface area contributed by atoms with Crippen LogP contribution in [0.25, 0.3) is 0 Å². The second kappa shape index (κ2) is 6.99. The average Bonchev–Trinajstić information content (AvgIpc) is 2.85. The van der Waals surface area contributed by atoms with Crippen LogP contribution in [0.4, 0.5) is 18.9 Å². The van der Waals surface area contributed by atoms with Gasteiger partial charge in [-0.2, -0.15) is 18.3 Å². The van der Waals surface area contributed by atoms with Crippen LogP contribution in [0.5, 0.6) is 0 Å². The van der Waals surface area contributed by atoms with E-state index in [-0.39, 0.29) is 10.8 Å². The summed E-state index contributed by atoms with van der Waals surface area (Å²) in [4.78, 5) is 0. The first-order valence-electron chi connectivity index (χ1n) is 7.05. The van der Waals surface area contributed by atoms with Gasteiger partial charge in [0.25, 0.3) is 0 Å². The Hall–Kier alpha value is -2.09. The third kappa shape index (κ3) is 4.44. The van der Waals surface area contributed by atoms with Crippen LogP contribution in [0.1, 0.15) is 23.7 Å². The molecule has 0 fully saturated rings. The van der Waals surface area contributed by atoms with Crippen LogP contribution >= 0.6 is 12.2 Å². The number of nitrogens with one attached hydrogen (secondary N) is 2. The summed E-state index contributed by atoms with van der Waals surface area (Å²) in [6.07, 6.45) is -2.55. The number of aryl methyl sites for hydroxylation is 2. The summed E-state index contributed by atoms with van der Waals surface area (Å²) < 4.78 is 40.6. The van der Waals surface area contributed by atoms with Gasteiger partial charge in [0.1, 0.15) is 0 Å². The zero-order chi connectivity index (χ0) is 17.0. The Kier molecular flexibility index (Phi) is 5.25.